The summed E-state index contributed by atoms with van der Waals surface area (Å²) in [7, 11) is -2.96. The molecule has 0 fully saturated rings. The number of nitrogens with zero attached hydrogens (tertiary/aromatic N) is 1. The van der Waals surface area contributed by atoms with Gasteiger partial charge >= 0.3 is 0 Å². The summed E-state index contributed by atoms with van der Waals surface area (Å²) in [4.78, 5) is 4.50. The van der Waals surface area contributed by atoms with Crippen molar-refractivity contribution in [1.29, 1.82) is 0 Å². The summed E-state index contributed by atoms with van der Waals surface area (Å²) in [5.74, 6) is 0.803. The largest absolute Gasteiger partial charge is 0.357 e. The highest BCUT2D eigenvalue weighted by atomic mass is 127. The molecule has 0 saturated carbocycles. The highest BCUT2D eigenvalue weighted by molar-refractivity contribution is 14.0. The van der Waals surface area contributed by atoms with E-state index in [2.05, 4.69) is 15.6 Å². The van der Waals surface area contributed by atoms with E-state index in [1.807, 2.05) is 32.0 Å². The van der Waals surface area contributed by atoms with Crippen molar-refractivity contribution in [3.8, 4) is 0 Å². The van der Waals surface area contributed by atoms with Crippen molar-refractivity contribution in [2.24, 2.45) is 4.99 Å². The first-order valence-corrected chi connectivity index (χ1v) is 10.7. The Balaban J connectivity index is 0.00000576. The van der Waals surface area contributed by atoms with Crippen LogP contribution in [0.15, 0.2) is 23.2 Å². The van der Waals surface area contributed by atoms with Gasteiger partial charge in [-0.05, 0) is 44.4 Å². The molecule has 5 nitrogen and oxygen atoms in total. The van der Waals surface area contributed by atoms with Crippen LogP contribution in [0, 0.1) is 0 Å². The maximum atomic E-state index is 11.2. The summed E-state index contributed by atoms with van der Waals surface area (Å²) in [6, 6.07) is 5.43. The van der Waals surface area contributed by atoms with Crippen LogP contribution in [0.4, 0.5) is 0 Å². The molecule has 1 aromatic rings. The zero-order valence-corrected chi connectivity index (χ0v) is 19.3. The molecule has 144 valence electrons. The molecular formula is C16H26Cl2IN3O2S. The molecule has 2 N–H and O–H groups in total. The van der Waals surface area contributed by atoms with E-state index in [0.29, 0.717) is 35.4 Å². The van der Waals surface area contributed by atoms with Gasteiger partial charge < -0.3 is 10.6 Å². The second kappa shape index (κ2) is 12.2. The van der Waals surface area contributed by atoms with Gasteiger partial charge in [-0.2, -0.15) is 0 Å². The summed E-state index contributed by atoms with van der Waals surface area (Å²) in [6.07, 6.45) is 2.40. The summed E-state index contributed by atoms with van der Waals surface area (Å²) >= 11 is 12.3. The third-order valence-corrected chi connectivity index (χ3v) is 5.03. The van der Waals surface area contributed by atoms with Crippen molar-refractivity contribution in [2.45, 2.75) is 32.7 Å². The first-order valence-electron chi connectivity index (χ1n) is 7.88. The lowest BCUT2D eigenvalue weighted by atomic mass is 10.1. The maximum Gasteiger partial charge on any atom is 0.191 e. The zero-order valence-electron chi connectivity index (χ0n) is 14.7. The molecule has 0 heterocycles. The van der Waals surface area contributed by atoms with E-state index < -0.39 is 9.84 Å². The van der Waals surface area contributed by atoms with Crippen LogP contribution in [0.3, 0.4) is 0 Å². The summed E-state index contributed by atoms with van der Waals surface area (Å²) in [6.45, 7) is 5.15. The van der Waals surface area contributed by atoms with E-state index in [0.717, 1.165) is 12.1 Å². The van der Waals surface area contributed by atoms with Gasteiger partial charge in [-0.15, -0.1) is 24.0 Å². The van der Waals surface area contributed by atoms with Gasteiger partial charge in [0.2, 0.25) is 0 Å². The zero-order chi connectivity index (χ0) is 18.2. The van der Waals surface area contributed by atoms with E-state index in [9.17, 15) is 8.42 Å². The Morgan fingerprint density at radius 3 is 2.40 bits per heavy atom. The lowest BCUT2D eigenvalue weighted by Gasteiger charge is -2.17. The van der Waals surface area contributed by atoms with Gasteiger partial charge in [0.05, 0.1) is 5.75 Å². The van der Waals surface area contributed by atoms with Crippen LogP contribution in [0.2, 0.25) is 10.0 Å². The SMILES string of the molecule is CCNC(=NCCc1c(Cl)cccc1Cl)NC(C)CCS(C)(=O)=O.I. The predicted molar refractivity (Wildman–Crippen MR) is 118 cm³/mol. The van der Waals surface area contributed by atoms with Crippen molar-refractivity contribution in [1.82, 2.24) is 10.6 Å². The molecular weight excluding hydrogens is 496 g/mol. The van der Waals surface area contributed by atoms with Gasteiger partial charge in [0, 0.05) is 35.4 Å². The molecule has 0 aliphatic heterocycles. The van der Waals surface area contributed by atoms with Crippen LogP contribution >= 0.6 is 47.2 Å². The lowest BCUT2D eigenvalue weighted by molar-refractivity contribution is 0.581. The van der Waals surface area contributed by atoms with Gasteiger partial charge in [-0.3, -0.25) is 4.99 Å². The molecule has 0 amide bonds. The van der Waals surface area contributed by atoms with Crippen molar-refractivity contribution >= 4 is 63.0 Å². The molecule has 9 heteroatoms. The highest BCUT2D eigenvalue weighted by Crippen LogP contribution is 2.24. The molecule has 1 rings (SSSR count). The number of halogens is 3. The highest BCUT2D eigenvalue weighted by Gasteiger charge is 2.10. The molecule has 1 unspecified atom stereocenters. The third kappa shape index (κ3) is 10.5. The Morgan fingerprint density at radius 2 is 1.88 bits per heavy atom. The van der Waals surface area contributed by atoms with Crippen LogP contribution in [-0.4, -0.2) is 45.5 Å². The van der Waals surface area contributed by atoms with Crippen LogP contribution in [0.5, 0.6) is 0 Å². The summed E-state index contributed by atoms with van der Waals surface area (Å²) in [5, 5.41) is 7.64. The molecule has 0 aliphatic carbocycles. The number of hydrogen-bond acceptors (Lipinski definition) is 3. The second-order valence-electron chi connectivity index (χ2n) is 5.67. The minimum atomic E-state index is -2.96. The monoisotopic (exact) mass is 521 g/mol. The molecule has 0 bridgehead atoms. The van der Waals surface area contributed by atoms with Gasteiger partial charge in [-0.1, -0.05) is 29.3 Å². The number of guanidine groups is 1. The predicted octanol–water partition coefficient (Wildman–Crippen LogP) is 3.53. The Bertz CT molecular complexity index is 649. The number of benzene rings is 1. The maximum absolute atomic E-state index is 11.2. The molecule has 25 heavy (non-hydrogen) atoms. The number of aliphatic imine (C=N–C) groups is 1. The fraction of sp³-hybridized carbons (Fsp3) is 0.562. The Hall–Kier alpha value is -0.250. The molecule has 0 radical (unpaired) electrons. The Morgan fingerprint density at radius 1 is 1.28 bits per heavy atom. The number of hydrogen-bond donors (Lipinski definition) is 2. The first-order chi connectivity index (χ1) is 11.2. The quantitative estimate of drug-likeness (QED) is 0.312. The van der Waals surface area contributed by atoms with E-state index in [1.165, 1.54) is 6.26 Å². The van der Waals surface area contributed by atoms with E-state index in [-0.39, 0.29) is 35.8 Å². The minimum absolute atomic E-state index is 0. The van der Waals surface area contributed by atoms with Crippen molar-refractivity contribution < 1.29 is 8.42 Å². The fourth-order valence-electron chi connectivity index (χ4n) is 2.07. The number of nitrogens with one attached hydrogen (secondary N) is 2. The third-order valence-electron chi connectivity index (χ3n) is 3.34. The van der Waals surface area contributed by atoms with E-state index >= 15 is 0 Å². The van der Waals surface area contributed by atoms with E-state index in [4.69, 9.17) is 23.2 Å². The van der Waals surface area contributed by atoms with Crippen LogP contribution in [0.1, 0.15) is 25.8 Å². The van der Waals surface area contributed by atoms with E-state index in [1.54, 1.807) is 0 Å². The van der Waals surface area contributed by atoms with Gasteiger partial charge in [-0.25, -0.2) is 8.42 Å². The smallest absolute Gasteiger partial charge is 0.191 e. The van der Waals surface area contributed by atoms with Crippen molar-refractivity contribution in [3.05, 3.63) is 33.8 Å². The lowest BCUT2D eigenvalue weighted by Crippen LogP contribution is -2.43. The molecule has 1 aromatic carbocycles. The molecule has 0 aliphatic rings. The van der Waals surface area contributed by atoms with Crippen LogP contribution in [-0.2, 0) is 16.3 Å². The Labute approximate surface area is 177 Å². The average Bonchev–Trinajstić information content (AvgIpc) is 2.47. The topological polar surface area (TPSA) is 70.6 Å². The summed E-state index contributed by atoms with van der Waals surface area (Å²) in [5.41, 5.74) is 0.880. The van der Waals surface area contributed by atoms with Gasteiger partial charge in [0.25, 0.3) is 0 Å². The summed E-state index contributed by atoms with van der Waals surface area (Å²) < 4.78 is 22.5. The van der Waals surface area contributed by atoms with Crippen LogP contribution in [0.25, 0.3) is 0 Å². The van der Waals surface area contributed by atoms with Crippen LogP contribution < -0.4 is 10.6 Å². The van der Waals surface area contributed by atoms with Crippen molar-refractivity contribution in [2.75, 3.05) is 25.1 Å². The molecule has 1 atom stereocenters. The minimum Gasteiger partial charge on any atom is -0.357 e. The van der Waals surface area contributed by atoms with Gasteiger partial charge in [0.15, 0.2) is 5.96 Å². The standard InChI is InChI=1S/C16H25Cl2N3O2S.HI/c1-4-19-16(21-12(2)9-11-24(3,22)23)20-10-8-13-14(17)6-5-7-15(13)18;/h5-7,12H,4,8-11H2,1-3H3,(H2,19,20,21);1H. The second-order valence-corrected chi connectivity index (χ2v) is 8.75. The molecule has 0 spiro atoms. The average molecular weight is 522 g/mol. The van der Waals surface area contributed by atoms with Gasteiger partial charge in [0.1, 0.15) is 9.84 Å². The number of rotatable bonds is 8. The normalized spacial score (nSPS) is 13.1. The Kier molecular flexibility index (Phi) is 12.1. The fourth-order valence-corrected chi connectivity index (χ4v) is 3.44. The first kappa shape index (κ1) is 24.8. The van der Waals surface area contributed by atoms with Crippen molar-refractivity contribution in [3.63, 3.8) is 0 Å². The molecule has 0 aromatic heterocycles. The molecule has 0 saturated heterocycles. The number of sulfone groups is 1.